The Morgan fingerprint density at radius 1 is 1.38 bits per heavy atom. The third kappa shape index (κ3) is 7.34. The Bertz CT molecular complexity index is 478. The molecule has 2 N–H and O–H groups in total. The van der Waals surface area contributed by atoms with Gasteiger partial charge in [-0.1, -0.05) is 19.9 Å². The smallest absolute Gasteiger partial charge is 0.191 e. The first-order valence-electron chi connectivity index (χ1n) is 8.85. The van der Waals surface area contributed by atoms with Crippen LogP contribution in [0.4, 0.5) is 0 Å². The van der Waals surface area contributed by atoms with Crippen molar-refractivity contribution in [3.63, 3.8) is 0 Å². The van der Waals surface area contributed by atoms with E-state index in [2.05, 4.69) is 46.3 Å². The predicted octanol–water partition coefficient (Wildman–Crippen LogP) is 2.88. The van der Waals surface area contributed by atoms with Gasteiger partial charge in [-0.2, -0.15) is 0 Å². The number of pyridine rings is 1. The summed E-state index contributed by atoms with van der Waals surface area (Å²) in [6.07, 6.45) is 4.40. The number of nitrogens with zero attached hydrogens (tertiary/aromatic N) is 3. The van der Waals surface area contributed by atoms with E-state index < -0.39 is 0 Å². The number of nitrogens with one attached hydrogen (secondary N) is 2. The summed E-state index contributed by atoms with van der Waals surface area (Å²) >= 11 is 0. The predicted molar refractivity (Wildman–Crippen MR) is 112 cm³/mol. The first-order valence-corrected chi connectivity index (χ1v) is 8.85. The molecule has 0 spiro atoms. The van der Waals surface area contributed by atoms with Crippen LogP contribution in [-0.2, 0) is 6.54 Å². The maximum absolute atomic E-state index is 4.64. The molecule has 6 heteroatoms. The lowest BCUT2D eigenvalue weighted by Crippen LogP contribution is -2.45. The Kier molecular flexibility index (Phi) is 10.2. The van der Waals surface area contributed by atoms with E-state index in [1.54, 1.807) is 0 Å². The van der Waals surface area contributed by atoms with Crippen LogP contribution in [-0.4, -0.2) is 48.1 Å². The zero-order chi connectivity index (χ0) is 16.5. The molecular weight excluding hydrogens is 413 g/mol. The summed E-state index contributed by atoms with van der Waals surface area (Å²) in [6, 6.07) is 6.56. The van der Waals surface area contributed by atoms with E-state index in [9.17, 15) is 0 Å². The van der Waals surface area contributed by atoms with E-state index in [1.807, 2.05) is 24.4 Å². The summed E-state index contributed by atoms with van der Waals surface area (Å²) in [6.45, 7) is 11.5. The van der Waals surface area contributed by atoms with Gasteiger partial charge in [-0.15, -0.1) is 24.0 Å². The van der Waals surface area contributed by atoms with Gasteiger partial charge in [0.2, 0.25) is 0 Å². The van der Waals surface area contributed by atoms with Gasteiger partial charge in [-0.25, -0.2) is 4.99 Å². The van der Waals surface area contributed by atoms with Gasteiger partial charge in [0.15, 0.2) is 5.96 Å². The lowest BCUT2D eigenvalue weighted by molar-refractivity contribution is 0.226. The molecule has 0 radical (unpaired) electrons. The van der Waals surface area contributed by atoms with Crippen LogP contribution < -0.4 is 10.6 Å². The second-order valence-electron chi connectivity index (χ2n) is 6.58. The second kappa shape index (κ2) is 11.6. The molecular formula is C18H32IN5. The molecule has 1 aliphatic heterocycles. The molecule has 0 aliphatic carbocycles. The minimum Gasteiger partial charge on any atom is -0.357 e. The molecule has 1 aliphatic rings. The highest BCUT2D eigenvalue weighted by molar-refractivity contribution is 14.0. The summed E-state index contributed by atoms with van der Waals surface area (Å²) in [5, 5.41) is 6.83. The number of hydrogen-bond donors (Lipinski definition) is 2. The lowest BCUT2D eigenvalue weighted by atomic mass is 10.1. The molecule has 2 heterocycles. The largest absolute Gasteiger partial charge is 0.357 e. The van der Waals surface area contributed by atoms with E-state index in [0.29, 0.717) is 12.6 Å². The van der Waals surface area contributed by atoms with Crippen molar-refractivity contribution in [2.45, 2.75) is 46.2 Å². The summed E-state index contributed by atoms with van der Waals surface area (Å²) < 4.78 is 0. The average molecular weight is 445 g/mol. The lowest BCUT2D eigenvalue weighted by Gasteiger charge is -2.27. The highest BCUT2D eigenvalue weighted by Gasteiger charge is 2.24. The van der Waals surface area contributed by atoms with Crippen molar-refractivity contribution in [2.75, 3.05) is 26.2 Å². The molecule has 5 nitrogen and oxygen atoms in total. The molecule has 2 rings (SSSR count). The molecule has 1 aromatic rings. The SMILES string of the molecule is CCNC(=NCc1ccccn1)NC[C@H]1CCCN1CC(C)C.I. The number of rotatable bonds is 7. The zero-order valence-electron chi connectivity index (χ0n) is 15.2. The Labute approximate surface area is 163 Å². The van der Waals surface area contributed by atoms with Gasteiger partial charge in [-0.3, -0.25) is 9.88 Å². The topological polar surface area (TPSA) is 52.6 Å². The highest BCUT2D eigenvalue weighted by Crippen LogP contribution is 2.17. The summed E-state index contributed by atoms with van der Waals surface area (Å²) in [5.41, 5.74) is 0.993. The van der Waals surface area contributed by atoms with Crippen molar-refractivity contribution in [1.82, 2.24) is 20.5 Å². The molecule has 0 saturated carbocycles. The van der Waals surface area contributed by atoms with Gasteiger partial charge in [0.05, 0.1) is 12.2 Å². The number of hydrogen-bond acceptors (Lipinski definition) is 3. The van der Waals surface area contributed by atoms with Crippen molar-refractivity contribution in [3.05, 3.63) is 30.1 Å². The number of aromatic nitrogens is 1. The van der Waals surface area contributed by atoms with E-state index in [0.717, 1.165) is 30.7 Å². The fourth-order valence-electron chi connectivity index (χ4n) is 3.04. The van der Waals surface area contributed by atoms with Crippen LogP contribution in [0.5, 0.6) is 0 Å². The van der Waals surface area contributed by atoms with Crippen molar-refractivity contribution < 1.29 is 0 Å². The maximum Gasteiger partial charge on any atom is 0.191 e. The standard InChI is InChI=1S/C18H31N5.HI/c1-4-19-18(21-12-16-8-5-6-10-20-16)22-13-17-9-7-11-23(17)14-15(2)3;/h5-6,8,10,15,17H,4,7,9,11-14H2,1-3H3,(H2,19,21,22);1H/t17-;/m1./s1. The fourth-order valence-corrected chi connectivity index (χ4v) is 3.04. The first-order chi connectivity index (χ1) is 11.2. The monoisotopic (exact) mass is 445 g/mol. The molecule has 24 heavy (non-hydrogen) atoms. The van der Waals surface area contributed by atoms with Gasteiger partial charge in [0, 0.05) is 31.9 Å². The summed E-state index contributed by atoms with van der Waals surface area (Å²) in [4.78, 5) is 11.6. The second-order valence-corrected chi connectivity index (χ2v) is 6.58. The van der Waals surface area contributed by atoms with E-state index in [-0.39, 0.29) is 24.0 Å². The van der Waals surface area contributed by atoms with Crippen molar-refractivity contribution >= 4 is 29.9 Å². The van der Waals surface area contributed by atoms with Crippen LogP contribution in [0.15, 0.2) is 29.4 Å². The van der Waals surface area contributed by atoms with Crippen LogP contribution in [0.1, 0.15) is 39.3 Å². The zero-order valence-corrected chi connectivity index (χ0v) is 17.5. The Morgan fingerprint density at radius 2 is 2.21 bits per heavy atom. The van der Waals surface area contributed by atoms with Gasteiger partial charge in [0.1, 0.15) is 0 Å². The quantitative estimate of drug-likeness (QED) is 0.385. The van der Waals surface area contributed by atoms with Crippen LogP contribution >= 0.6 is 24.0 Å². The van der Waals surface area contributed by atoms with E-state index in [4.69, 9.17) is 0 Å². The van der Waals surface area contributed by atoms with Crippen LogP contribution in [0.3, 0.4) is 0 Å². The minimum absolute atomic E-state index is 0. The van der Waals surface area contributed by atoms with E-state index in [1.165, 1.54) is 25.9 Å². The molecule has 0 unspecified atom stereocenters. The maximum atomic E-state index is 4.64. The molecule has 1 aromatic heterocycles. The number of halogens is 1. The summed E-state index contributed by atoms with van der Waals surface area (Å²) in [5.74, 6) is 1.61. The molecule has 0 bridgehead atoms. The van der Waals surface area contributed by atoms with Crippen LogP contribution in [0.25, 0.3) is 0 Å². The van der Waals surface area contributed by atoms with Crippen molar-refractivity contribution in [1.29, 1.82) is 0 Å². The molecule has 1 atom stereocenters. The Balaban J connectivity index is 0.00000288. The van der Waals surface area contributed by atoms with Gasteiger partial charge >= 0.3 is 0 Å². The molecule has 0 amide bonds. The molecule has 1 saturated heterocycles. The van der Waals surface area contributed by atoms with E-state index >= 15 is 0 Å². The minimum atomic E-state index is 0. The molecule has 1 fully saturated rings. The highest BCUT2D eigenvalue weighted by atomic mass is 127. The first kappa shape index (κ1) is 21.2. The normalized spacial score (nSPS) is 18.5. The average Bonchev–Trinajstić information content (AvgIpc) is 2.97. The van der Waals surface area contributed by atoms with Crippen LogP contribution in [0.2, 0.25) is 0 Å². The third-order valence-electron chi connectivity index (χ3n) is 4.07. The molecule has 136 valence electrons. The fraction of sp³-hybridized carbons (Fsp3) is 0.667. The third-order valence-corrected chi connectivity index (χ3v) is 4.07. The Morgan fingerprint density at radius 3 is 2.88 bits per heavy atom. The van der Waals surface area contributed by atoms with Crippen molar-refractivity contribution in [3.8, 4) is 0 Å². The van der Waals surface area contributed by atoms with Gasteiger partial charge < -0.3 is 10.6 Å². The Hall–Kier alpha value is -0.890. The number of aliphatic imine (C=N–C) groups is 1. The molecule has 0 aromatic carbocycles. The van der Waals surface area contributed by atoms with Gasteiger partial charge in [0.25, 0.3) is 0 Å². The number of guanidine groups is 1. The summed E-state index contributed by atoms with van der Waals surface area (Å²) in [7, 11) is 0. The van der Waals surface area contributed by atoms with Crippen molar-refractivity contribution in [2.24, 2.45) is 10.9 Å². The van der Waals surface area contributed by atoms with Gasteiger partial charge in [-0.05, 0) is 44.4 Å². The number of likely N-dealkylation sites (tertiary alicyclic amines) is 1. The van der Waals surface area contributed by atoms with Crippen LogP contribution in [0, 0.1) is 5.92 Å².